The number of nitrogens with zero attached hydrogens (tertiary/aromatic N) is 2. The van der Waals surface area contributed by atoms with E-state index in [9.17, 15) is 0 Å². The molecule has 0 amide bonds. The zero-order valence-electron chi connectivity index (χ0n) is 36.2. The van der Waals surface area contributed by atoms with Crippen LogP contribution in [0.1, 0.15) is 0 Å². The summed E-state index contributed by atoms with van der Waals surface area (Å²) in [6.45, 7) is 10.3. The number of hydrogen-bond acceptors (Lipinski definition) is 4. The third-order valence-electron chi connectivity index (χ3n) is 14.1. The van der Waals surface area contributed by atoms with Gasteiger partial charge in [0.05, 0.1) is 16.8 Å². The number of anilines is 6. The Hall–Kier alpha value is -7.39. The molecule has 0 fully saturated rings. The molecule has 64 heavy (non-hydrogen) atoms. The Morgan fingerprint density at radius 2 is 0.734 bits per heavy atom. The lowest BCUT2D eigenvalue weighted by Crippen LogP contribution is -2.63. The highest BCUT2D eigenvalue weighted by Gasteiger charge is 2.50. The van der Waals surface area contributed by atoms with Crippen LogP contribution in [0.3, 0.4) is 0 Å². The lowest BCUT2D eigenvalue weighted by Gasteiger charge is -2.30. The van der Waals surface area contributed by atoms with Crippen molar-refractivity contribution in [3.05, 3.63) is 194 Å². The van der Waals surface area contributed by atoms with Crippen molar-refractivity contribution >= 4 is 115 Å². The summed E-state index contributed by atoms with van der Waals surface area (Å²) in [6, 6.07) is 70.2. The first kappa shape index (κ1) is 37.2. The quantitative estimate of drug-likeness (QED) is 0.156. The van der Waals surface area contributed by atoms with E-state index in [0.29, 0.717) is 0 Å². The molecule has 9 aromatic carbocycles. The predicted molar refractivity (Wildman–Crippen MR) is 275 cm³/mol. The van der Waals surface area contributed by atoms with Crippen molar-refractivity contribution in [3.63, 3.8) is 0 Å². The molecule has 0 aliphatic carbocycles. The summed E-state index contributed by atoms with van der Waals surface area (Å²) in [5.41, 5.74) is 15.7. The number of para-hydroxylation sites is 6. The van der Waals surface area contributed by atoms with Crippen molar-refractivity contribution in [2.24, 2.45) is 0 Å². The summed E-state index contributed by atoms with van der Waals surface area (Å²) >= 11 is 0. The predicted octanol–water partition coefficient (Wildman–Crippen LogP) is 14.0. The minimum Gasteiger partial charge on any atom is -0.455 e. The van der Waals surface area contributed by atoms with Gasteiger partial charge >= 0.3 is 0 Å². The first-order valence-corrected chi connectivity index (χ1v) is 28.3. The van der Waals surface area contributed by atoms with Crippen LogP contribution in [0.2, 0.25) is 26.2 Å². The number of benzene rings is 9. The molecule has 2 aliphatic rings. The van der Waals surface area contributed by atoms with Crippen molar-refractivity contribution in [2.45, 2.75) is 26.2 Å². The summed E-state index contributed by atoms with van der Waals surface area (Å²) < 4.78 is 14.2. The summed E-state index contributed by atoms with van der Waals surface area (Å²) in [6.07, 6.45) is 0. The molecule has 4 nitrogen and oxygen atoms in total. The third kappa shape index (κ3) is 5.09. The van der Waals surface area contributed by atoms with Crippen molar-refractivity contribution in [2.75, 3.05) is 9.80 Å². The Labute approximate surface area is 374 Å². The van der Waals surface area contributed by atoms with E-state index in [2.05, 4.69) is 230 Å². The summed E-state index contributed by atoms with van der Waals surface area (Å²) in [5.74, 6) is 0. The number of fused-ring (bicyclic) bond motifs is 15. The van der Waals surface area contributed by atoms with Crippen LogP contribution in [0.4, 0.5) is 34.1 Å². The summed E-state index contributed by atoms with van der Waals surface area (Å²) in [5, 5.41) is 10.7. The smallest absolute Gasteiger partial charge is 0.160 e. The minimum absolute atomic E-state index is 0.908. The highest BCUT2D eigenvalue weighted by molar-refractivity contribution is 7.13. The molecule has 6 heteroatoms. The molecule has 0 N–H and O–H groups in total. The van der Waals surface area contributed by atoms with Gasteiger partial charge in [-0.25, -0.2) is 0 Å². The Kier molecular flexibility index (Phi) is 7.88. The van der Waals surface area contributed by atoms with E-state index in [0.717, 1.165) is 72.6 Å². The molecule has 0 bridgehead atoms. The average Bonchev–Trinajstić information content (AvgIpc) is 4.04. The van der Waals surface area contributed by atoms with E-state index in [1.807, 2.05) is 0 Å². The van der Waals surface area contributed by atoms with E-state index in [4.69, 9.17) is 8.83 Å². The van der Waals surface area contributed by atoms with Gasteiger partial charge in [0.2, 0.25) is 0 Å². The van der Waals surface area contributed by atoms with Gasteiger partial charge in [0.25, 0.3) is 0 Å². The second-order valence-corrected chi connectivity index (χ2v) is 27.0. The minimum atomic E-state index is -2.44. The van der Waals surface area contributed by atoms with Crippen LogP contribution >= 0.6 is 0 Å². The lowest BCUT2D eigenvalue weighted by molar-refractivity contribution is 0.669. The van der Waals surface area contributed by atoms with Crippen LogP contribution in [0.15, 0.2) is 203 Å². The molecule has 4 heterocycles. The topological polar surface area (TPSA) is 32.8 Å². The Morgan fingerprint density at radius 3 is 1.23 bits per heavy atom. The van der Waals surface area contributed by atoms with E-state index in [1.165, 1.54) is 38.0 Å². The fraction of sp³-hybridized carbons (Fsp3) is 0.0690. The Balaban J connectivity index is 1.10. The van der Waals surface area contributed by atoms with Crippen LogP contribution in [-0.2, 0) is 0 Å². The van der Waals surface area contributed by atoms with Crippen molar-refractivity contribution < 1.29 is 8.83 Å². The summed E-state index contributed by atoms with van der Waals surface area (Å²) in [4.78, 5) is 4.83. The van der Waals surface area contributed by atoms with Crippen molar-refractivity contribution in [3.8, 4) is 22.3 Å². The average molecular weight is 857 g/mol. The second-order valence-electron chi connectivity index (χ2n) is 18.4. The maximum absolute atomic E-state index is 7.15. The first-order chi connectivity index (χ1) is 31.3. The molecule has 2 aromatic heterocycles. The highest BCUT2D eigenvalue weighted by atomic mass is 28.3. The third-order valence-corrected chi connectivity index (χ3v) is 21.4. The monoisotopic (exact) mass is 856 g/mol. The Morgan fingerprint density at radius 1 is 0.359 bits per heavy atom. The first-order valence-electron chi connectivity index (χ1n) is 22.3. The fourth-order valence-electron chi connectivity index (χ4n) is 11.4. The number of furan rings is 2. The van der Waals surface area contributed by atoms with Gasteiger partial charge in [0.15, 0.2) is 5.58 Å². The molecule has 0 atom stereocenters. The van der Waals surface area contributed by atoms with E-state index in [1.54, 1.807) is 10.4 Å². The molecule has 0 saturated heterocycles. The second kappa shape index (κ2) is 13.6. The van der Waals surface area contributed by atoms with Gasteiger partial charge < -0.3 is 18.6 Å². The van der Waals surface area contributed by atoms with Crippen LogP contribution in [0, 0.1) is 0 Å². The Bertz CT molecular complexity index is 3590. The maximum Gasteiger partial charge on any atom is 0.160 e. The van der Waals surface area contributed by atoms with Gasteiger partial charge in [-0.2, -0.15) is 0 Å². The van der Waals surface area contributed by atoms with Crippen LogP contribution in [-0.4, -0.2) is 16.1 Å². The van der Waals surface area contributed by atoms with Gasteiger partial charge in [0.1, 0.15) is 32.9 Å². The van der Waals surface area contributed by atoms with Gasteiger partial charge in [-0.15, -0.1) is 0 Å². The van der Waals surface area contributed by atoms with Crippen molar-refractivity contribution in [1.29, 1.82) is 0 Å². The zero-order valence-corrected chi connectivity index (χ0v) is 38.2. The maximum atomic E-state index is 7.15. The van der Waals surface area contributed by atoms with Gasteiger partial charge in [-0.05, 0) is 110 Å². The summed E-state index contributed by atoms with van der Waals surface area (Å²) in [7, 11) is -4.88. The lowest BCUT2D eigenvalue weighted by atomic mass is 9.95. The highest BCUT2D eigenvalue weighted by Crippen LogP contribution is 2.50. The molecule has 0 saturated carbocycles. The fourth-order valence-corrected chi connectivity index (χ4v) is 19.8. The standard InChI is InChI=1S/C58H44N2O2Si2/c1-63(2)49-36-46(60(39-25-13-7-14-26-39)40-27-15-8-16-28-40)55-54(42-30-18-20-32-48(42)61-55)52(49)43-33-34-44-53-50(64(3,4)58(44)57(43)63)35-45(51-41-29-17-19-31-47(41)62-56(51)53)59(37-21-9-5-10-22-37)38-23-11-6-12-24-38/h5-36H,1-4H3. The molecule has 0 radical (unpaired) electrons. The van der Waals surface area contributed by atoms with E-state index in [-0.39, 0.29) is 0 Å². The molecule has 13 rings (SSSR count). The number of rotatable bonds is 6. The molecule has 11 aromatic rings. The number of hydrogen-bond donors (Lipinski definition) is 0. The van der Waals surface area contributed by atoms with Crippen LogP contribution in [0.5, 0.6) is 0 Å². The molecule has 0 unspecified atom stereocenters. The van der Waals surface area contributed by atoms with Gasteiger partial charge in [-0.1, -0.05) is 148 Å². The van der Waals surface area contributed by atoms with Crippen LogP contribution < -0.4 is 30.5 Å². The van der Waals surface area contributed by atoms with Crippen molar-refractivity contribution in [1.82, 2.24) is 0 Å². The molecule has 306 valence electrons. The largest absolute Gasteiger partial charge is 0.455 e. The van der Waals surface area contributed by atoms with Crippen LogP contribution in [0.25, 0.3) is 66.1 Å². The van der Waals surface area contributed by atoms with Gasteiger partial charge in [0, 0.05) is 44.5 Å². The zero-order chi connectivity index (χ0) is 42.9. The molecule has 0 spiro atoms. The SMILES string of the molecule is C[Si]1(C)c2cc(N(c3ccccc3)c3ccccc3)c3c(oc4ccccc43)c2-c2ccc3c(c21)[Si](C)(C)c1cc(N(c2ccccc2)c2ccccc2)c2oc4ccccc4c2c1-3. The van der Waals surface area contributed by atoms with Gasteiger partial charge in [-0.3, -0.25) is 0 Å². The van der Waals surface area contributed by atoms with E-state index >= 15 is 0 Å². The molecule has 2 aliphatic heterocycles. The molecular weight excluding hydrogens is 813 g/mol. The van der Waals surface area contributed by atoms with E-state index < -0.39 is 16.1 Å². The normalized spacial score (nSPS) is 14.2. The molecular formula is C58H44N2O2Si2.